The second-order valence-corrected chi connectivity index (χ2v) is 5.74. The first-order valence-electron chi connectivity index (χ1n) is 4.37. The van der Waals surface area contributed by atoms with Gasteiger partial charge in [-0.05, 0) is 25.7 Å². The van der Waals surface area contributed by atoms with Gasteiger partial charge in [0, 0.05) is 0 Å². The zero-order valence-electron chi connectivity index (χ0n) is 7.35. The molecule has 1 aliphatic rings. The van der Waals surface area contributed by atoms with E-state index in [0.717, 1.165) is 0 Å². The molecule has 0 bridgehead atoms. The highest BCUT2D eigenvalue weighted by Gasteiger charge is 2.35. The Bertz CT molecular complexity index is 248. The SMILES string of the molecule is CCC1(F)CCCCS(=O)(=O)C1. The van der Waals surface area contributed by atoms with Gasteiger partial charge >= 0.3 is 0 Å². The summed E-state index contributed by atoms with van der Waals surface area (Å²) in [4.78, 5) is 0. The van der Waals surface area contributed by atoms with E-state index in [1.54, 1.807) is 6.92 Å². The van der Waals surface area contributed by atoms with Gasteiger partial charge < -0.3 is 0 Å². The van der Waals surface area contributed by atoms with Crippen molar-refractivity contribution in [1.29, 1.82) is 0 Å². The van der Waals surface area contributed by atoms with Crippen LogP contribution in [0.2, 0.25) is 0 Å². The highest BCUT2D eigenvalue weighted by molar-refractivity contribution is 7.91. The Balaban J connectivity index is 2.80. The normalized spacial score (nSPS) is 35.8. The van der Waals surface area contributed by atoms with E-state index in [2.05, 4.69) is 0 Å². The van der Waals surface area contributed by atoms with Crippen LogP contribution in [-0.4, -0.2) is 25.6 Å². The number of rotatable bonds is 1. The first kappa shape index (κ1) is 9.96. The number of alkyl halides is 1. The van der Waals surface area contributed by atoms with Crippen LogP contribution in [0.25, 0.3) is 0 Å². The molecule has 0 aromatic rings. The fourth-order valence-corrected chi connectivity index (χ4v) is 3.51. The molecule has 1 atom stereocenters. The molecule has 1 rings (SSSR count). The third kappa shape index (κ3) is 2.44. The van der Waals surface area contributed by atoms with Crippen molar-refractivity contribution in [2.75, 3.05) is 11.5 Å². The monoisotopic (exact) mass is 194 g/mol. The van der Waals surface area contributed by atoms with E-state index in [9.17, 15) is 12.8 Å². The van der Waals surface area contributed by atoms with Gasteiger partial charge in [-0.3, -0.25) is 0 Å². The third-order valence-electron chi connectivity index (χ3n) is 2.44. The molecule has 1 aliphatic heterocycles. The molecular formula is C8H15FO2S. The molecule has 72 valence electrons. The summed E-state index contributed by atoms with van der Waals surface area (Å²) in [6.07, 6.45) is 2.03. The summed E-state index contributed by atoms with van der Waals surface area (Å²) >= 11 is 0. The van der Waals surface area contributed by atoms with E-state index in [0.29, 0.717) is 25.7 Å². The van der Waals surface area contributed by atoms with Gasteiger partial charge in [-0.15, -0.1) is 0 Å². The maximum absolute atomic E-state index is 13.7. The number of hydrogen-bond acceptors (Lipinski definition) is 2. The van der Waals surface area contributed by atoms with Crippen molar-refractivity contribution >= 4 is 9.84 Å². The Kier molecular flexibility index (Phi) is 2.76. The molecule has 1 heterocycles. The van der Waals surface area contributed by atoms with E-state index in [4.69, 9.17) is 0 Å². The van der Waals surface area contributed by atoms with Crippen molar-refractivity contribution in [2.45, 2.75) is 38.3 Å². The van der Waals surface area contributed by atoms with E-state index in [1.807, 2.05) is 0 Å². The lowest BCUT2D eigenvalue weighted by Gasteiger charge is -2.20. The molecule has 0 aromatic carbocycles. The lowest BCUT2D eigenvalue weighted by Crippen LogP contribution is -2.30. The average molecular weight is 194 g/mol. The maximum atomic E-state index is 13.7. The molecule has 2 nitrogen and oxygen atoms in total. The van der Waals surface area contributed by atoms with Crippen molar-refractivity contribution in [1.82, 2.24) is 0 Å². The topological polar surface area (TPSA) is 34.1 Å². The molecule has 12 heavy (non-hydrogen) atoms. The molecule has 1 saturated heterocycles. The van der Waals surface area contributed by atoms with Gasteiger partial charge in [0.25, 0.3) is 0 Å². The summed E-state index contributed by atoms with van der Waals surface area (Å²) < 4.78 is 36.1. The Morgan fingerprint density at radius 3 is 2.67 bits per heavy atom. The molecule has 1 unspecified atom stereocenters. The Labute approximate surface area is 73.1 Å². The second kappa shape index (κ2) is 3.32. The van der Waals surface area contributed by atoms with Gasteiger partial charge in [0.1, 0.15) is 5.67 Å². The van der Waals surface area contributed by atoms with E-state index in [1.165, 1.54) is 0 Å². The smallest absolute Gasteiger partial charge is 0.153 e. The van der Waals surface area contributed by atoms with Crippen LogP contribution in [0.15, 0.2) is 0 Å². The quantitative estimate of drug-likeness (QED) is 0.636. The fourth-order valence-electron chi connectivity index (χ4n) is 1.58. The van der Waals surface area contributed by atoms with Crippen LogP contribution >= 0.6 is 0 Å². The first-order chi connectivity index (χ1) is 5.47. The van der Waals surface area contributed by atoms with Crippen LogP contribution in [0, 0.1) is 0 Å². The highest BCUT2D eigenvalue weighted by Crippen LogP contribution is 2.28. The molecule has 0 saturated carbocycles. The van der Waals surface area contributed by atoms with Crippen molar-refractivity contribution in [3.8, 4) is 0 Å². The largest absolute Gasteiger partial charge is 0.243 e. The number of sulfone groups is 1. The number of halogens is 1. The molecule has 4 heteroatoms. The van der Waals surface area contributed by atoms with Crippen LogP contribution in [0.4, 0.5) is 4.39 Å². The maximum Gasteiger partial charge on any atom is 0.153 e. The molecule has 0 radical (unpaired) electrons. The lowest BCUT2D eigenvalue weighted by atomic mass is 9.98. The van der Waals surface area contributed by atoms with Crippen LogP contribution < -0.4 is 0 Å². The zero-order valence-corrected chi connectivity index (χ0v) is 8.16. The van der Waals surface area contributed by atoms with Crippen LogP contribution in [0.1, 0.15) is 32.6 Å². The minimum Gasteiger partial charge on any atom is -0.243 e. The highest BCUT2D eigenvalue weighted by atomic mass is 32.2. The summed E-state index contributed by atoms with van der Waals surface area (Å²) in [7, 11) is -3.11. The zero-order chi connectivity index (χ0) is 9.24. The first-order valence-corrected chi connectivity index (χ1v) is 6.19. The van der Waals surface area contributed by atoms with E-state index in [-0.39, 0.29) is 11.5 Å². The fraction of sp³-hybridized carbons (Fsp3) is 1.00. The summed E-state index contributed by atoms with van der Waals surface area (Å²) in [6, 6.07) is 0. The van der Waals surface area contributed by atoms with Crippen molar-refractivity contribution in [3.05, 3.63) is 0 Å². The Hall–Kier alpha value is -0.120. The van der Waals surface area contributed by atoms with Gasteiger partial charge in [0.15, 0.2) is 9.84 Å². The van der Waals surface area contributed by atoms with Crippen LogP contribution in [0.5, 0.6) is 0 Å². The minimum atomic E-state index is -3.11. The summed E-state index contributed by atoms with van der Waals surface area (Å²) in [5, 5.41) is 0. The van der Waals surface area contributed by atoms with Crippen molar-refractivity contribution < 1.29 is 12.8 Å². The summed E-state index contributed by atoms with van der Waals surface area (Å²) in [5.74, 6) is -0.102. The molecule has 1 fully saturated rings. The Morgan fingerprint density at radius 2 is 2.08 bits per heavy atom. The average Bonchev–Trinajstić information content (AvgIpc) is 2.09. The van der Waals surface area contributed by atoms with Gasteiger partial charge in [-0.25, -0.2) is 12.8 Å². The van der Waals surface area contributed by atoms with Gasteiger partial charge in [0.05, 0.1) is 11.5 Å². The standard InChI is InChI=1S/C8H15FO2S/c1-2-8(9)5-3-4-6-12(10,11)7-8/h2-7H2,1H3. The molecule has 0 N–H and O–H groups in total. The van der Waals surface area contributed by atoms with E-state index < -0.39 is 15.5 Å². The number of hydrogen-bond donors (Lipinski definition) is 0. The molecule has 0 amide bonds. The summed E-state index contributed by atoms with van der Waals surface area (Å²) in [5.41, 5.74) is -1.45. The summed E-state index contributed by atoms with van der Waals surface area (Å²) in [6.45, 7) is 1.71. The third-order valence-corrected chi connectivity index (χ3v) is 4.31. The molecule has 0 spiro atoms. The second-order valence-electron chi connectivity index (χ2n) is 3.55. The van der Waals surface area contributed by atoms with Gasteiger partial charge in [-0.1, -0.05) is 6.92 Å². The van der Waals surface area contributed by atoms with Crippen LogP contribution in [0.3, 0.4) is 0 Å². The predicted octanol–water partition coefficient (Wildman–Crippen LogP) is 1.70. The minimum absolute atomic E-state index is 0.165. The van der Waals surface area contributed by atoms with Crippen LogP contribution in [-0.2, 0) is 9.84 Å². The van der Waals surface area contributed by atoms with Crippen molar-refractivity contribution in [2.24, 2.45) is 0 Å². The molecule has 0 aromatic heterocycles. The molecule has 0 aliphatic carbocycles. The van der Waals surface area contributed by atoms with Gasteiger partial charge in [-0.2, -0.15) is 0 Å². The van der Waals surface area contributed by atoms with E-state index >= 15 is 0 Å². The van der Waals surface area contributed by atoms with Gasteiger partial charge in [0.2, 0.25) is 0 Å². The van der Waals surface area contributed by atoms with Crippen molar-refractivity contribution in [3.63, 3.8) is 0 Å². The Morgan fingerprint density at radius 1 is 1.42 bits per heavy atom. The predicted molar refractivity (Wildman–Crippen MR) is 46.6 cm³/mol. The lowest BCUT2D eigenvalue weighted by molar-refractivity contribution is 0.171. The molecular weight excluding hydrogens is 179 g/mol.